The zero-order valence-corrected chi connectivity index (χ0v) is 65.3. The molecule has 16 rings (SSSR count). The number of ether oxygens (including phenoxy) is 4. The number of alkyl halides is 3. The minimum Gasteiger partial charge on any atom is -0.493 e. The smallest absolute Gasteiger partial charge is 0.416 e. The van der Waals surface area contributed by atoms with Crippen LogP contribution in [0.1, 0.15) is 59.1 Å². The summed E-state index contributed by atoms with van der Waals surface area (Å²) in [4.78, 5) is 55.9. The molecule has 0 spiro atoms. The molecule has 113 heavy (non-hydrogen) atoms. The molecular formula is C86H89Cl4F3N12O8. The Labute approximate surface area is 675 Å². The Morgan fingerprint density at radius 2 is 0.673 bits per heavy atom. The van der Waals surface area contributed by atoms with E-state index in [0.717, 1.165) is 156 Å². The monoisotopic (exact) mass is 1610 g/mol. The second-order valence-corrected chi connectivity index (χ2v) is 31.0. The number of halogens is 7. The summed E-state index contributed by atoms with van der Waals surface area (Å²) in [6.45, 7) is 24.0. The Balaban J connectivity index is 0.000000132. The van der Waals surface area contributed by atoms with Crippen LogP contribution < -0.4 is 61.5 Å². The summed E-state index contributed by atoms with van der Waals surface area (Å²) >= 11 is 23.6. The van der Waals surface area contributed by atoms with Crippen LogP contribution in [0.15, 0.2) is 213 Å². The van der Waals surface area contributed by atoms with E-state index < -0.39 is 11.7 Å². The maximum atomic E-state index is 12.6. The lowest BCUT2D eigenvalue weighted by Crippen LogP contribution is -2.55. The zero-order chi connectivity index (χ0) is 79.3. The van der Waals surface area contributed by atoms with E-state index in [1.807, 2.05) is 83.8 Å². The second-order valence-electron chi connectivity index (χ2n) is 29.3. The van der Waals surface area contributed by atoms with E-state index in [-0.39, 0.29) is 30.0 Å². The number of aryl methyl sites for hydroxylation is 4. The molecule has 0 saturated carbocycles. The average molecular weight is 1620 g/mol. The summed E-state index contributed by atoms with van der Waals surface area (Å²) in [6, 6.07) is 47.7. The Hall–Kier alpha value is -10.9. The first-order chi connectivity index (χ1) is 54.4. The molecule has 4 fully saturated rings. The Morgan fingerprint density at radius 1 is 0.372 bits per heavy atom. The van der Waals surface area contributed by atoms with Crippen LogP contribution in [0.4, 0.5) is 72.2 Å². The molecular weight excluding hydrogens is 1530 g/mol. The largest absolute Gasteiger partial charge is 0.493 e. The molecule has 8 heterocycles. The van der Waals surface area contributed by atoms with E-state index in [1.165, 1.54) is 34.4 Å². The number of hydrogen-bond acceptors (Lipinski definition) is 12. The number of likely N-dealkylation sites (tertiary alicyclic amines) is 4. The number of carbonyl (C=O) groups excluding carboxylic acids is 4. The van der Waals surface area contributed by atoms with Gasteiger partial charge in [0.1, 0.15) is 23.0 Å². The van der Waals surface area contributed by atoms with Crippen LogP contribution in [-0.2, 0) is 38.4 Å². The van der Waals surface area contributed by atoms with Crippen molar-refractivity contribution >= 4 is 110 Å². The van der Waals surface area contributed by atoms with Crippen molar-refractivity contribution in [3.63, 3.8) is 0 Å². The number of urea groups is 4. The van der Waals surface area contributed by atoms with Crippen molar-refractivity contribution in [2.24, 2.45) is 23.7 Å². The molecule has 0 unspecified atom stereocenters. The van der Waals surface area contributed by atoms with Gasteiger partial charge in [0, 0.05) is 155 Å². The summed E-state index contributed by atoms with van der Waals surface area (Å²) in [5.74, 6) is 4.71. The number of amides is 8. The summed E-state index contributed by atoms with van der Waals surface area (Å²) in [5, 5.41) is 26.7. The molecule has 8 aliphatic heterocycles. The van der Waals surface area contributed by atoms with Gasteiger partial charge in [0.25, 0.3) is 0 Å². The number of anilines is 7. The minimum absolute atomic E-state index is 0.0358. The van der Waals surface area contributed by atoms with Crippen molar-refractivity contribution in [2.75, 3.05) is 116 Å². The van der Waals surface area contributed by atoms with Crippen LogP contribution in [-0.4, -0.2) is 123 Å². The third kappa shape index (κ3) is 22.3. The Bertz CT molecular complexity index is 4820. The number of fused-ring (bicyclic) bond motifs is 4. The quantitative estimate of drug-likeness (QED) is 0.0428. The fourth-order valence-electron chi connectivity index (χ4n) is 13.7. The van der Waals surface area contributed by atoms with Gasteiger partial charge in [-0.25, -0.2) is 19.2 Å². The molecule has 20 nitrogen and oxygen atoms in total. The zero-order valence-electron chi connectivity index (χ0n) is 62.3. The molecule has 590 valence electrons. The molecule has 4 saturated heterocycles. The highest BCUT2D eigenvalue weighted by molar-refractivity contribution is 6.42. The molecule has 0 atom stereocenters. The van der Waals surface area contributed by atoms with E-state index in [0.29, 0.717) is 121 Å². The van der Waals surface area contributed by atoms with Crippen molar-refractivity contribution in [3.05, 3.63) is 266 Å². The highest BCUT2D eigenvalue weighted by Crippen LogP contribution is 2.37. The SMILES string of the molecule is C=C1CCc2cc(OCC3CN(C(=O)NCc4ccc(Cl)cc4)C3)ccc2N1.C=C1CCc2cc(OCC3CN(C(=O)Nc4ccc(C(F)(F)F)cc4)C3)ccc2N1.C=C1CCc2cc(OCC3CN(C(=O)Nc4ccc(Cl)c(Cl)c4)C3)ccc2N1.C=C1CCc2cc(OCC3CN(C(=O)Nc4ccc(Cl)cc4)C3)ccc2N1. The van der Waals surface area contributed by atoms with E-state index in [4.69, 9.17) is 65.4 Å². The summed E-state index contributed by atoms with van der Waals surface area (Å²) < 4.78 is 61.5. The number of nitrogens with zero attached hydrogens (tertiary/aromatic N) is 4. The lowest BCUT2D eigenvalue weighted by Gasteiger charge is -2.38. The van der Waals surface area contributed by atoms with Gasteiger partial charge in [-0.3, -0.25) is 0 Å². The second kappa shape index (κ2) is 36.8. The van der Waals surface area contributed by atoms with Gasteiger partial charge in [0.2, 0.25) is 0 Å². The van der Waals surface area contributed by atoms with E-state index >= 15 is 0 Å². The van der Waals surface area contributed by atoms with Crippen LogP contribution in [0.5, 0.6) is 23.0 Å². The number of rotatable bonds is 17. The number of allylic oxidation sites excluding steroid dienone is 4. The van der Waals surface area contributed by atoms with Crippen molar-refractivity contribution in [3.8, 4) is 23.0 Å². The van der Waals surface area contributed by atoms with Gasteiger partial charge in [-0.15, -0.1) is 0 Å². The van der Waals surface area contributed by atoms with Gasteiger partial charge in [-0.1, -0.05) is 84.9 Å². The predicted molar refractivity (Wildman–Crippen MR) is 442 cm³/mol. The first kappa shape index (κ1) is 80.2. The van der Waals surface area contributed by atoms with Crippen molar-refractivity contribution in [1.82, 2.24) is 24.9 Å². The minimum atomic E-state index is -4.39. The predicted octanol–water partition coefficient (Wildman–Crippen LogP) is 19.7. The van der Waals surface area contributed by atoms with Gasteiger partial charge in [0.15, 0.2) is 0 Å². The molecule has 0 radical (unpaired) electrons. The maximum Gasteiger partial charge on any atom is 0.416 e. The number of nitrogens with one attached hydrogen (secondary N) is 8. The molecule has 8 aliphatic rings. The van der Waals surface area contributed by atoms with Gasteiger partial charge in [-0.05, 0) is 231 Å². The van der Waals surface area contributed by atoms with Gasteiger partial charge in [-0.2, -0.15) is 13.2 Å². The fourth-order valence-corrected chi connectivity index (χ4v) is 14.2. The van der Waals surface area contributed by atoms with Crippen LogP contribution in [0.25, 0.3) is 0 Å². The van der Waals surface area contributed by atoms with Crippen LogP contribution in [0, 0.1) is 23.7 Å². The third-order valence-electron chi connectivity index (χ3n) is 20.3. The van der Waals surface area contributed by atoms with Crippen molar-refractivity contribution < 1.29 is 51.3 Å². The van der Waals surface area contributed by atoms with E-state index in [9.17, 15) is 32.3 Å². The molecule has 8 aromatic carbocycles. The van der Waals surface area contributed by atoms with Crippen LogP contribution in [0.3, 0.4) is 0 Å². The lowest BCUT2D eigenvalue weighted by molar-refractivity contribution is -0.137. The summed E-state index contributed by atoms with van der Waals surface area (Å²) in [6.07, 6.45) is 3.25. The number of carbonyl (C=O) groups is 4. The molecule has 8 aromatic rings. The molecule has 0 aliphatic carbocycles. The van der Waals surface area contributed by atoms with E-state index in [1.54, 1.807) is 57.2 Å². The standard InChI is InChI=1S/C22H24ClN3O2.C22H22F3N3O2.C21H21Cl2N3O2.C21H22ClN3O2/c1-15-2-5-18-10-20(8-9-21(18)25-15)28-14-17-12-26(13-17)22(27)24-11-16-3-6-19(23)7-4-16;1-14-2-3-16-10-19(8-9-20(16)26-14)30-13-15-11-28(12-15)21(29)27-18-6-4-17(5-7-18)22(23,24)25;1-13-2-3-15-8-17(5-7-20(15)24-13)28-12-14-10-26(11-14)21(27)25-16-4-6-18(22)19(23)9-16;1-14-2-3-16-10-19(8-9-20(16)23-14)27-13-15-11-25(12-15)21(26)24-18-6-4-17(22)5-7-18/h3-4,6-10,17,25H,1-2,5,11-14H2,(H,24,27);4-10,15,26H,1-3,11-13H2,(H,27,29);4-9,14,24H,1-3,10-12H2,(H,25,27);4-10,15,23H,1-3,11-13H2,(H,24,26). The molecule has 27 heteroatoms. The average Bonchev–Trinajstić information content (AvgIpc) is 0.825. The van der Waals surface area contributed by atoms with Crippen molar-refractivity contribution in [1.29, 1.82) is 0 Å². The molecule has 0 aromatic heterocycles. The molecule has 8 amide bonds. The highest BCUT2D eigenvalue weighted by Gasteiger charge is 2.36. The van der Waals surface area contributed by atoms with Gasteiger partial charge >= 0.3 is 30.3 Å². The Morgan fingerprint density at radius 3 is 1.00 bits per heavy atom. The first-order valence-electron chi connectivity index (χ1n) is 37.5. The lowest BCUT2D eigenvalue weighted by atomic mass is 10.0. The topological polar surface area (TPSA) is 214 Å². The van der Waals surface area contributed by atoms with Gasteiger partial charge in [0.05, 0.1) is 42.0 Å². The fraction of sp³-hybridized carbons (Fsp3) is 0.302. The van der Waals surface area contributed by atoms with Gasteiger partial charge < -0.3 is 81.1 Å². The molecule has 8 N–H and O–H groups in total. The number of hydrogen-bond donors (Lipinski definition) is 8. The number of benzene rings is 8. The summed E-state index contributed by atoms with van der Waals surface area (Å²) in [5.41, 5.74) is 15.6. The highest BCUT2D eigenvalue weighted by atomic mass is 35.5. The van der Waals surface area contributed by atoms with E-state index in [2.05, 4.69) is 87.0 Å². The Kier molecular flexibility index (Phi) is 26.1. The maximum absolute atomic E-state index is 12.6. The van der Waals surface area contributed by atoms with Crippen molar-refractivity contribution in [2.45, 2.75) is 64.1 Å². The summed E-state index contributed by atoms with van der Waals surface area (Å²) in [7, 11) is 0. The normalized spacial score (nSPS) is 16.2. The third-order valence-corrected chi connectivity index (χ3v) is 21.6. The van der Waals surface area contributed by atoms with Crippen LogP contribution >= 0.6 is 46.4 Å². The molecule has 0 bridgehead atoms. The first-order valence-corrected chi connectivity index (χ1v) is 39.0. The van der Waals surface area contributed by atoms with Crippen LogP contribution in [0.2, 0.25) is 20.1 Å².